The summed E-state index contributed by atoms with van der Waals surface area (Å²) >= 11 is 0. The summed E-state index contributed by atoms with van der Waals surface area (Å²) in [4.78, 5) is 48.2. The molecule has 0 unspecified atom stereocenters. The van der Waals surface area contributed by atoms with Gasteiger partial charge in [0.05, 0.1) is 12.2 Å². The number of nitrogens with one attached hydrogen (secondary N) is 1. The molecule has 0 saturated heterocycles. The van der Waals surface area contributed by atoms with E-state index in [1.54, 1.807) is 22.4 Å². The van der Waals surface area contributed by atoms with Gasteiger partial charge in [-0.3, -0.25) is 23.6 Å². The number of anilines is 1. The molecule has 0 aliphatic heterocycles. The third-order valence-electron chi connectivity index (χ3n) is 6.32. The summed E-state index contributed by atoms with van der Waals surface area (Å²) in [6.07, 6.45) is 5.73. The van der Waals surface area contributed by atoms with Gasteiger partial charge in [0.25, 0.3) is 11.5 Å². The Kier molecular flexibility index (Phi) is 4.57. The molecule has 4 aromatic heterocycles. The zero-order valence-corrected chi connectivity index (χ0v) is 18.9. The predicted molar refractivity (Wildman–Crippen MR) is 122 cm³/mol. The van der Waals surface area contributed by atoms with Crippen molar-refractivity contribution in [3.63, 3.8) is 0 Å². The van der Waals surface area contributed by atoms with Crippen LogP contribution in [0.15, 0.2) is 32.4 Å². The number of hydrogen-bond donors (Lipinski definition) is 1. The minimum atomic E-state index is -0.354. The third-order valence-corrected chi connectivity index (χ3v) is 6.32. The Labute approximate surface area is 192 Å². The zero-order chi connectivity index (χ0) is 23.6. The monoisotopic (exact) mass is 464 g/mol. The fourth-order valence-electron chi connectivity index (χ4n) is 4.27. The van der Waals surface area contributed by atoms with Crippen molar-refractivity contribution in [3.8, 4) is 11.5 Å². The topological polar surface area (TPSA) is 137 Å². The molecule has 0 atom stereocenters. The van der Waals surface area contributed by atoms with Crippen molar-refractivity contribution in [3.05, 3.63) is 44.9 Å². The summed E-state index contributed by atoms with van der Waals surface area (Å²) in [5.74, 6) is 0.742. The molecule has 2 fully saturated rings. The van der Waals surface area contributed by atoms with E-state index in [9.17, 15) is 14.4 Å². The Bertz CT molecular complexity index is 1510. The van der Waals surface area contributed by atoms with Crippen LogP contribution < -0.4 is 16.1 Å². The first-order valence-electron chi connectivity index (χ1n) is 11.5. The number of rotatable bonds is 7. The van der Waals surface area contributed by atoms with Gasteiger partial charge in [-0.15, -0.1) is 0 Å². The fourth-order valence-corrected chi connectivity index (χ4v) is 4.27. The normalized spacial score (nSPS) is 15.8. The molecule has 0 radical (unpaired) electrons. The van der Waals surface area contributed by atoms with Crippen molar-refractivity contribution in [2.75, 3.05) is 11.9 Å². The maximum Gasteiger partial charge on any atom is 0.333 e. The Hall–Kier alpha value is -3.96. The molecule has 1 amide bonds. The summed E-state index contributed by atoms with van der Waals surface area (Å²) in [5, 5.41) is 8.32. The smallest absolute Gasteiger partial charge is 0.333 e. The van der Waals surface area contributed by atoms with Crippen LogP contribution in [0.2, 0.25) is 0 Å². The molecular formula is C22H24N8O4. The van der Waals surface area contributed by atoms with Gasteiger partial charge in [0.15, 0.2) is 11.5 Å². The molecule has 2 aliphatic carbocycles. The number of aryl methyl sites for hydroxylation is 1. The van der Waals surface area contributed by atoms with Crippen LogP contribution >= 0.6 is 0 Å². The number of amides is 1. The third kappa shape index (κ3) is 3.20. The van der Waals surface area contributed by atoms with Gasteiger partial charge in [0, 0.05) is 31.8 Å². The molecule has 4 heterocycles. The summed E-state index contributed by atoms with van der Waals surface area (Å²) in [5.41, 5.74) is 0.443. The SMILES string of the molecule is CCCn1c(=O)n(C2CC2)c(=O)c2[nH]c(-c3cc(N(C)C(=O)c4ccno4)n(C4CC4)n3)nc21. The molecule has 12 heteroatoms. The molecule has 0 bridgehead atoms. The first-order chi connectivity index (χ1) is 16.5. The molecule has 12 nitrogen and oxygen atoms in total. The molecule has 0 spiro atoms. The van der Waals surface area contributed by atoms with Crippen molar-refractivity contribution in [2.24, 2.45) is 0 Å². The standard InChI is InChI=1S/C22H24N8O4/c1-3-10-28-19-17(21(32)29(22(28)33)12-4-5-12)24-18(25-19)14-11-16(30(26-14)13-6-7-13)27(2)20(31)15-8-9-23-34-15/h8-9,11-13H,3-7,10H2,1-2H3,(H,24,25). The molecule has 1 N–H and O–H groups in total. The number of carbonyl (C=O) groups is 1. The van der Waals surface area contributed by atoms with Crippen LogP contribution in [0.25, 0.3) is 22.7 Å². The number of H-pyrrole nitrogens is 1. The van der Waals surface area contributed by atoms with Gasteiger partial charge < -0.3 is 9.51 Å². The van der Waals surface area contributed by atoms with Crippen LogP contribution in [0, 0.1) is 0 Å². The lowest BCUT2D eigenvalue weighted by Gasteiger charge is -2.16. The minimum Gasteiger partial charge on any atom is -0.351 e. The van der Waals surface area contributed by atoms with Crippen molar-refractivity contribution in [1.29, 1.82) is 0 Å². The molecule has 0 aromatic carbocycles. The lowest BCUT2D eigenvalue weighted by molar-refractivity contribution is 0.0956. The number of hydrogen-bond acceptors (Lipinski definition) is 7. The van der Waals surface area contributed by atoms with E-state index < -0.39 is 0 Å². The molecule has 4 aromatic rings. The lowest BCUT2D eigenvalue weighted by Crippen LogP contribution is -2.39. The van der Waals surface area contributed by atoms with E-state index in [0.717, 1.165) is 32.1 Å². The molecule has 6 rings (SSSR count). The highest BCUT2D eigenvalue weighted by Crippen LogP contribution is 2.39. The van der Waals surface area contributed by atoms with Crippen LogP contribution in [0.5, 0.6) is 0 Å². The molecule has 2 aliphatic rings. The number of nitrogens with zero attached hydrogens (tertiary/aromatic N) is 7. The van der Waals surface area contributed by atoms with E-state index in [4.69, 9.17) is 9.62 Å². The number of fused-ring (bicyclic) bond motifs is 1. The van der Waals surface area contributed by atoms with Crippen molar-refractivity contribution in [2.45, 2.75) is 57.7 Å². The highest BCUT2D eigenvalue weighted by molar-refractivity contribution is 6.03. The maximum absolute atomic E-state index is 13.1. The summed E-state index contributed by atoms with van der Waals surface area (Å²) in [6.45, 7) is 2.44. The first kappa shape index (κ1) is 20.6. The number of aromatic nitrogens is 7. The first-order valence-corrected chi connectivity index (χ1v) is 11.5. The van der Waals surface area contributed by atoms with Gasteiger partial charge in [0.2, 0.25) is 5.76 Å². The molecule has 34 heavy (non-hydrogen) atoms. The zero-order valence-electron chi connectivity index (χ0n) is 18.9. The lowest BCUT2D eigenvalue weighted by atomic mass is 10.3. The summed E-state index contributed by atoms with van der Waals surface area (Å²) in [7, 11) is 1.65. The fraction of sp³-hybridized carbons (Fsp3) is 0.455. The maximum atomic E-state index is 13.1. The molecule has 176 valence electrons. The van der Waals surface area contributed by atoms with Gasteiger partial charge in [0.1, 0.15) is 17.0 Å². The van der Waals surface area contributed by atoms with E-state index in [2.05, 4.69) is 15.1 Å². The second-order valence-corrected chi connectivity index (χ2v) is 8.93. The second kappa shape index (κ2) is 7.54. The van der Waals surface area contributed by atoms with Gasteiger partial charge in [-0.25, -0.2) is 14.5 Å². The largest absolute Gasteiger partial charge is 0.351 e. The quantitative estimate of drug-likeness (QED) is 0.442. The van der Waals surface area contributed by atoms with Crippen LogP contribution in [0.3, 0.4) is 0 Å². The van der Waals surface area contributed by atoms with Gasteiger partial charge in [-0.05, 0) is 32.1 Å². The van der Waals surface area contributed by atoms with Gasteiger partial charge >= 0.3 is 5.69 Å². The van der Waals surface area contributed by atoms with E-state index >= 15 is 0 Å². The van der Waals surface area contributed by atoms with E-state index in [-0.39, 0.29) is 35.0 Å². The average molecular weight is 464 g/mol. The summed E-state index contributed by atoms with van der Waals surface area (Å²) < 4.78 is 9.73. The van der Waals surface area contributed by atoms with Crippen molar-refractivity contribution in [1.82, 2.24) is 34.0 Å². The van der Waals surface area contributed by atoms with Crippen LogP contribution in [-0.4, -0.2) is 47.0 Å². The Balaban J connectivity index is 1.47. The van der Waals surface area contributed by atoms with Crippen LogP contribution in [0.1, 0.15) is 61.7 Å². The number of imidazole rings is 1. The van der Waals surface area contributed by atoms with Crippen LogP contribution in [0.4, 0.5) is 5.82 Å². The highest BCUT2D eigenvalue weighted by atomic mass is 16.5. The Morgan fingerprint density at radius 3 is 2.65 bits per heavy atom. The van der Waals surface area contributed by atoms with E-state index in [1.165, 1.54) is 21.7 Å². The summed E-state index contributed by atoms with van der Waals surface area (Å²) in [6, 6.07) is 3.40. The van der Waals surface area contributed by atoms with Crippen molar-refractivity contribution < 1.29 is 9.32 Å². The Morgan fingerprint density at radius 2 is 2.00 bits per heavy atom. The van der Waals surface area contributed by atoms with Gasteiger partial charge in [-0.1, -0.05) is 12.1 Å². The van der Waals surface area contributed by atoms with E-state index in [1.807, 2.05) is 6.92 Å². The van der Waals surface area contributed by atoms with E-state index in [0.29, 0.717) is 35.0 Å². The minimum absolute atomic E-state index is 0.0457. The molecule has 2 saturated carbocycles. The Morgan fingerprint density at radius 1 is 1.24 bits per heavy atom. The number of aromatic amines is 1. The van der Waals surface area contributed by atoms with Crippen LogP contribution in [-0.2, 0) is 6.54 Å². The average Bonchev–Trinajstić information content (AvgIpc) is 3.68. The number of carbonyl (C=O) groups excluding carboxylic acids is 1. The highest BCUT2D eigenvalue weighted by Gasteiger charge is 2.33. The molecular weight excluding hydrogens is 440 g/mol. The van der Waals surface area contributed by atoms with Gasteiger partial charge in [-0.2, -0.15) is 5.10 Å². The van der Waals surface area contributed by atoms with Crippen molar-refractivity contribution >= 4 is 22.9 Å². The predicted octanol–water partition coefficient (Wildman–Crippen LogP) is 2.09. The second-order valence-electron chi connectivity index (χ2n) is 8.93.